The second-order valence-electron chi connectivity index (χ2n) is 8.31. The number of anilines is 1. The Morgan fingerprint density at radius 3 is 2.90 bits per heavy atom. The van der Waals surface area contributed by atoms with Gasteiger partial charge in [0.25, 0.3) is 0 Å². The van der Waals surface area contributed by atoms with Crippen LogP contribution in [0.1, 0.15) is 41.7 Å². The number of aryl methyl sites for hydroxylation is 2. The van der Waals surface area contributed by atoms with Crippen LogP contribution in [-0.4, -0.2) is 34.0 Å². The Labute approximate surface area is 191 Å². The summed E-state index contributed by atoms with van der Waals surface area (Å²) in [5.41, 5.74) is 2.81. The number of aromatic nitrogens is 2. The number of rotatable bonds is 4. The Balaban J connectivity index is 1.12. The molecule has 4 heterocycles. The fourth-order valence-electron chi connectivity index (χ4n) is 4.75. The van der Waals surface area contributed by atoms with Gasteiger partial charge in [-0.15, -0.1) is 11.3 Å². The summed E-state index contributed by atoms with van der Waals surface area (Å²) in [4.78, 5) is 14.4. The van der Waals surface area contributed by atoms with E-state index in [1.54, 1.807) is 6.33 Å². The summed E-state index contributed by atoms with van der Waals surface area (Å²) in [6, 6.07) is 6.83. The van der Waals surface area contributed by atoms with E-state index in [4.69, 9.17) is 6.13 Å². The first-order valence-corrected chi connectivity index (χ1v) is 13.3. The van der Waals surface area contributed by atoms with Crippen LogP contribution in [0.15, 0.2) is 24.5 Å². The maximum atomic E-state index is 5.63. The monoisotopic (exact) mass is 535 g/mol. The molecule has 0 saturated carbocycles. The van der Waals surface area contributed by atoms with E-state index in [1.807, 2.05) is 17.4 Å². The van der Waals surface area contributed by atoms with Crippen molar-refractivity contribution in [3.8, 4) is 11.5 Å². The van der Waals surface area contributed by atoms with Gasteiger partial charge in [0.1, 0.15) is 11.2 Å². The zero-order chi connectivity index (χ0) is 19.9. The molecule has 158 valence electrons. The summed E-state index contributed by atoms with van der Waals surface area (Å²) in [5, 5.41) is 5.07. The van der Waals surface area contributed by atoms with Gasteiger partial charge in [0.2, 0.25) is 0 Å². The minimum absolute atomic E-state index is 0.472. The van der Waals surface area contributed by atoms with E-state index in [2.05, 4.69) is 32.3 Å². The van der Waals surface area contributed by atoms with E-state index >= 15 is 0 Å². The molecule has 1 fully saturated rings. The van der Waals surface area contributed by atoms with Crippen molar-refractivity contribution < 1.29 is 28.2 Å². The van der Waals surface area contributed by atoms with Crippen molar-refractivity contribution in [1.82, 2.24) is 14.9 Å². The fourth-order valence-corrected chi connectivity index (χ4v) is 7.16. The van der Waals surface area contributed by atoms with Crippen LogP contribution in [0.4, 0.5) is 5.82 Å². The Morgan fingerprint density at radius 2 is 1.97 bits per heavy atom. The zero-order valence-electron chi connectivity index (χ0n) is 16.7. The number of halogens is 1. The fraction of sp³-hybridized carbons (Fsp3) is 0.455. The summed E-state index contributed by atoms with van der Waals surface area (Å²) in [5.74, 6) is 2.88. The normalized spacial score (nSPS) is 19.5. The van der Waals surface area contributed by atoms with Gasteiger partial charge < -0.3 is 0 Å². The number of nitrogens with one attached hydrogen (secondary N) is 1. The van der Waals surface area contributed by atoms with Crippen LogP contribution >= 0.6 is 11.3 Å². The van der Waals surface area contributed by atoms with Crippen LogP contribution in [-0.2, 0) is 19.4 Å². The molecule has 0 atom stereocenters. The van der Waals surface area contributed by atoms with Crippen LogP contribution in [0, 0.1) is 0 Å². The van der Waals surface area contributed by atoms with E-state index in [0.29, 0.717) is 6.04 Å². The molecule has 1 aromatic carbocycles. The van der Waals surface area contributed by atoms with Crippen LogP contribution in [0.25, 0.3) is 10.2 Å². The van der Waals surface area contributed by atoms with Gasteiger partial charge in [-0.2, -0.15) is 0 Å². The molecule has 1 saturated heterocycles. The number of nitrogens with zero attached hydrogens (tertiary/aromatic N) is 3. The van der Waals surface area contributed by atoms with Crippen molar-refractivity contribution in [2.24, 2.45) is 0 Å². The van der Waals surface area contributed by atoms with Gasteiger partial charge in [0.15, 0.2) is 0 Å². The molecule has 0 unspecified atom stereocenters. The molecule has 3 aromatic rings. The Kier molecular flexibility index (Phi) is 5.16. The predicted molar refractivity (Wildman–Crippen MR) is 114 cm³/mol. The average Bonchev–Trinajstić information content (AvgIpc) is 3.39. The number of fused-ring (bicyclic) bond motifs is 4. The molecule has 0 spiro atoms. The maximum absolute atomic E-state index is 5.63. The van der Waals surface area contributed by atoms with E-state index in [-0.39, 0.29) is 0 Å². The SMILES string of the molecule is c1nc(NC2CCN(Cc3ccc4c(c3)O[I-]O4)CC2)c2c3c(sc2n1)CCCC3. The van der Waals surface area contributed by atoms with E-state index in [9.17, 15) is 0 Å². The molecule has 2 aromatic heterocycles. The second kappa shape index (κ2) is 8.12. The topological polar surface area (TPSA) is 59.5 Å². The van der Waals surface area contributed by atoms with E-state index in [1.165, 1.54) is 47.1 Å². The predicted octanol–water partition coefficient (Wildman–Crippen LogP) is 1.34. The standard InChI is InChI=1S/C22H24IN4O2S/c1-2-4-19-16(3-1)20-21(24-13-25-22(20)30-19)26-15-7-9-27(10-8-15)12-14-5-6-17-18(11-14)29-23-28-17/h5-6,11,13,15H,1-4,7-10,12H2,(H,24,25,26)/q-1. The number of hydrogen-bond acceptors (Lipinski definition) is 7. The zero-order valence-corrected chi connectivity index (χ0v) is 19.7. The Bertz CT molecular complexity index is 1080. The molecule has 3 aliphatic rings. The molecule has 0 bridgehead atoms. The molecule has 2 aliphatic heterocycles. The van der Waals surface area contributed by atoms with E-state index < -0.39 is 22.0 Å². The van der Waals surface area contributed by atoms with Gasteiger partial charge in [-0.1, -0.05) is 0 Å². The molecule has 0 amide bonds. The number of likely N-dealkylation sites (tertiary alicyclic amines) is 1. The molecule has 0 radical (unpaired) electrons. The minimum Gasteiger partial charge on any atom is -0.225 e. The summed E-state index contributed by atoms with van der Waals surface area (Å²) in [6.45, 7) is 3.15. The minimum atomic E-state index is -0.597. The summed E-state index contributed by atoms with van der Waals surface area (Å²) >= 11 is 1.27. The van der Waals surface area contributed by atoms with Gasteiger partial charge in [-0.05, 0) is 31.2 Å². The first kappa shape index (κ1) is 19.1. The van der Waals surface area contributed by atoms with Crippen molar-refractivity contribution in [1.29, 1.82) is 0 Å². The van der Waals surface area contributed by atoms with Crippen LogP contribution in [0.3, 0.4) is 0 Å². The number of thiophene rings is 1. The third-order valence-corrected chi connectivity index (χ3v) is 8.83. The first-order valence-electron chi connectivity index (χ1n) is 10.7. The Hall–Kier alpha value is -1.65. The molecule has 6 rings (SSSR count). The van der Waals surface area contributed by atoms with Crippen molar-refractivity contribution in [2.75, 3.05) is 18.4 Å². The smallest absolute Gasteiger partial charge is 0.225 e. The molecule has 30 heavy (non-hydrogen) atoms. The van der Waals surface area contributed by atoms with Crippen molar-refractivity contribution in [2.45, 2.75) is 51.1 Å². The number of hydrogen-bond donors (Lipinski definition) is 1. The molecular formula is C22H24IN4O2S-. The summed E-state index contributed by atoms with van der Waals surface area (Å²) in [7, 11) is 0. The molecule has 6 nitrogen and oxygen atoms in total. The molecule has 8 heteroatoms. The van der Waals surface area contributed by atoms with Crippen molar-refractivity contribution in [3.63, 3.8) is 0 Å². The quantitative estimate of drug-likeness (QED) is 0.510. The third kappa shape index (κ3) is 3.62. The van der Waals surface area contributed by atoms with Crippen LogP contribution in [0.5, 0.6) is 11.5 Å². The van der Waals surface area contributed by atoms with Crippen LogP contribution < -0.4 is 33.5 Å². The first-order chi connectivity index (χ1) is 14.8. The van der Waals surface area contributed by atoms with Gasteiger partial charge in [-0.3, -0.25) is 0 Å². The second-order valence-corrected chi connectivity index (χ2v) is 10.6. The van der Waals surface area contributed by atoms with Crippen molar-refractivity contribution >= 4 is 27.4 Å². The summed E-state index contributed by atoms with van der Waals surface area (Å²) in [6.07, 6.45) is 8.96. The Morgan fingerprint density at radius 1 is 1.10 bits per heavy atom. The molecule has 1 N–H and O–H groups in total. The van der Waals surface area contributed by atoms with Gasteiger partial charge in [-0.25, -0.2) is 4.98 Å². The van der Waals surface area contributed by atoms with Gasteiger partial charge in [0, 0.05) is 4.88 Å². The number of piperidine rings is 1. The van der Waals surface area contributed by atoms with Gasteiger partial charge in [0.05, 0.1) is 0 Å². The molecule has 1 aliphatic carbocycles. The number of benzene rings is 1. The van der Waals surface area contributed by atoms with Crippen LogP contribution in [0.2, 0.25) is 0 Å². The average molecular weight is 535 g/mol. The third-order valence-electron chi connectivity index (χ3n) is 6.32. The summed E-state index contributed by atoms with van der Waals surface area (Å²) < 4.78 is 11.2. The molecular weight excluding hydrogens is 511 g/mol. The van der Waals surface area contributed by atoms with E-state index in [0.717, 1.165) is 54.6 Å². The van der Waals surface area contributed by atoms with Gasteiger partial charge >= 0.3 is 128 Å². The van der Waals surface area contributed by atoms with Crippen molar-refractivity contribution in [3.05, 3.63) is 40.5 Å².